The highest BCUT2D eigenvalue weighted by molar-refractivity contribution is 9.10. The van der Waals surface area contributed by atoms with Gasteiger partial charge in [-0.2, -0.15) is 0 Å². The van der Waals surface area contributed by atoms with E-state index in [-0.39, 0.29) is 16.3 Å². The highest BCUT2D eigenvalue weighted by Gasteiger charge is 2.19. The van der Waals surface area contributed by atoms with Crippen LogP contribution in [0.5, 0.6) is 0 Å². The maximum atomic E-state index is 13.0. The quantitative estimate of drug-likeness (QED) is 0.855. The van der Waals surface area contributed by atoms with Crippen molar-refractivity contribution in [3.8, 4) is 0 Å². The summed E-state index contributed by atoms with van der Waals surface area (Å²) in [6, 6.07) is 8.73. The summed E-state index contributed by atoms with van der Waals surface area (Å²) in [6.45, 7) is 1.84. The van der Waals surface area contributed by atoms with Crippen molar-refractivity contribution in [2.45, 2.75) is 17.6 Å². The molecule has 0 aliphatic carbocycles. The summed E-state index contributed by atoms with van der Waals surface area (Å²) >= 11 is 3.17. The van der Waals surface area contributed by atoms with Gasteiger partial charge in [0.15, 0.2) is 9.84 Å². The third-order valence-electron chi connectivity index (χ3n) is 2.86. The molecule has 2 N–H and O–H groups in total. The Hall–Kier alpha value is -1.40. The number of nitrogens with two attached hydrogens (primary N) is 1. The second kappa shape index (κ2) is 5.54. The van der Waals surface area contributed by atoms with E-state index in [0.29, 0.717) is 10.0 Å². The Morgan fingerprint density at radius 3 is 2.50 bits per heavy atom. The Kier molecular flexibility index (Phi) is 4.15. The van der Waals surface area contributed by atoms with Gasteiger partial charge in [-0.25, -0.2) is 12.8 Å². The summed E-state index contributed by atoms with van der Waals surface area (Å²) in [6.07, 6.45) is 0. The summed E-state index contributed by atoms with van der Waals surface area (Å²) in [4.78, 5) is 0.0966. The van der Waals surface area contributed by atoms with Gasteiger partial charge in [0.1, 0.15) is 5.82 Å². The number of hydrogen-bond donors (Lipinski definition) is 1. The van der Waals surface area contributed by atoms with Gasteiger partial charge in [0.25, 0.3) is 0 Å². The fourth-order valence-corrected chi connectivity index (χ4v) is 4.06. The van der Waals surface area contributed by atoms with Crippen LogP contribution in [0.1, 0.15) is 11.1 Å². The first-order valence-corrected chi connectivity index (χ1v) is 8.27. The highest BCUT2D eigenvalue weighted by Crippen LogP contribution is 2.26. The first-order valence-electron chi connectivity index (χ1n) is 5.82. The normalized spacial score (nSPS) is 11.6. The predicted octanol–water partition coefficient (Wildman–Crippen LogP) is 3.45. The number of anilines is 1. The van der Waals surface area contributed by atoms with Crippen LogP contribution in [-0.4, -0.2) is 8.42 Å². The number of nitrogen functional groups attached to an aromatic ring is 1. The fraction of sp³-hybridized carbons (Fsp3) is 0.143. The summed E-state index contributed by atoms with van der Waals surface area (Å²) in [5, 5.41) is 0. The summed E-state index contributed by atoms with van der Waals surface area (Å²) in [5.41, 5.74) is 7.38. The Morgan fingerprint density at radius 1 is 1.20 bits per heavy atom. The lowest BCUT2D eigenvalue weighted by atomic mass is 10.2. The molecule has 0 aliphatic rings. The lowest BCUT2D eigenvalue weighted by molar-refractivity contribution is 0.595. The van der Waals surface area contributed by atoms with Crippen molar-refractivity contribution in [3.63, 3.8) is 0 Å². The minimum absolute atomic E-state index is 0.0966. The smallest absolute Gasteiger partial charge is 0.184 e. The molecule has 0 heterocycles. The van der Waals surface area contributed by atoms with Crippen molar-refractivity contribution in [1.82, 2.24) is 0 Å². The molecule has 20 heavy (non-hydrogen) atoms. The first kappa shape index (κ1) is 15.0. The van der Waals surface area contributed by atoms with E-state index < -0.39 is 15.7 Å². The molecule has 0 amide bonds. The molecule has 2 rings (SSSR count). The monoisotopic (exact) mass is 357 g/mol. The van der Waals surface area contributed by atoms with Crippen molar-refractivity contribution < 1.29 is 12.8 Å². The van der Waals surface area contributed by atoms with E-state index in [4.69, 9.17) is 5.73 Å². The van der Waals surface area contributed by atoms with E-state index >= 15 is 0 Å². The molecule has 2 aromatic carbocycles. The van der Waals surface area contributed by atoms with Crippen LogP contribution >= 0.6 is 15.9 Å². The van der Waals surface area contributed by atoms with E-state index in [1.807, 2.05) is 6.92 Å². The van der Waals surface area contributed by atoms with Crippen LogP contribution in [0.25, 0.3) is 0 Å². The summed E-state index contributed by atoms with van der Waals surface area (Å²) in [7, 11) is -3.57. The summed E-state index contributed by atoms with van der Waals surface area (Å²) in [5.74, 6) is -0.658. The molecular weight excluding hydrogens is 345 g/mol. The van der Waals surface area contributed by atoms with Crippen LogP contribution in [0.15, 0.2) is 45.8 Å². The van der Waals surface area contributed by atoms with Crippen molar-refractivity contribution in [2.24, 2.45) is 0 Å². The van der Waals surface area contributed by atoms with Crippen LogP contribution in [-0.2, 0) is 15.6 Å². The minimum atomic E-state index is -3.57. The minimum Gasteiger partial charge on any atom is -0.398 e. The lowest BCUT2D eigenvalue weighted by Crippen LogP contribution is -2.08. The number of sulfone groups is 1. The molecule has 0 saturated carbocycles. The van der Waals surface area contributed by atoms with Gasteiger partial charge >= 0.3 is 0 Å². The number of benzene rings is 2. The largest absolute Gasteiger partial charge is 0.398 e. The van der Waals surface area contributed by atoms with Crippen molar-refractivity contribution >= 4 is 31.5 Å². The number of hydrogen-bond acceptors (Lipinski definition) is 3. The van der Waals surface area contributed by atoms with Crippen LogP contribution in [0.2, 0.25) is 0 Å². The predicted molar refractivity (Wildman–Crippen MR) is 80.6 cm³/mol. The molecule has 2 aromatic rings. The molecule has 3 nitrogen and oxygen atoms in total. The van der Waals surface area contributed by atoms with Gasteiger partial charge in [-0.3, -0.25) is 0 Å². The molecule has 0 aliphatic heterocycles. The Bertz CT molecular complexity index is 760. The molecule has 0 radical (unpaired) electrons. The molecule has 0 saturated heterocycles. The van der Waals surface area contributed by atoms with E-state index in [1.165, 1.54) is 24.3 Å². The lowest BCUT2D eigenvalue weighted by Gasteiger charge is -2.09. The van der Waals surface area contributed by atoms with Crippen molar-refractivity contribution in [2.75, 3.05) is 5.73 Å². The number of aryl methyl sites for hydroxylation is 1. The number of halogens is 2. The molecule has 0 spiro atoms. The molecular formula is C14H13BrFNO2S. The SMILES string of the molecule is Cc1ccc(S(=O)(=O)Cc2ccc(F)cc2Br)c(N)c1. The Morgan fingerprint density at radius 2 is 1.90 bits per heavy atom. The maximum absolute atomic E-state index is 13.0. The van der Waals surface area contributed by atoms with Gasteiger partial charge in [0.05, 0.1) is 16.3 Å². The van der Waals surface area contributed by atoms with E-state index in [2.05, 4.69) is 15.9 Å². The van der Waals surface area contributed by atoms with Crippen LogP contribution in [0, 0.1) is 12.7 Å². The third kappa shape index (κ3) is 3.19. The topological polar surface area (TPSA) is 60.2 Å². The molecule has 0 aromatic heterocycles. The molecule has 0 unspecified atom stereocenters. The molecule has 106 valence electrons. The van der Waals surface area contributed by atoms with Gasteiger partial charge in [0, 0.05) is 4.47 Å². The average molecular weight is 358 g/mol. The Balaban J connectivity index is 2.41. The van der Waals surface area contributed by atoms with Gasteiger partial charge in [-0.15, -0.1) is 0 Å². The third-order valence-corrected chi connectivity index (χ3v) is 5.33. The van der Waals surface area contributed by atoms with Crippen LogP contribution < -0.4 is 5.73 Å². The Labute approximate surface area is 125 Å². The van der Waals surface area contributed by atoms with Crippen molar-refractivity contribution in [3.05, 3.63) is 57.8 Å². The van der Waals surface area contributed by atoms with E-state index in [9.17, 15) is 12.8 Å². The van der Waals surface area contributed by atoms with E-state index in [0.717, 1.165) is 5.56 Å². The van der Waals surface area contributed by atoms with Crippen molar-refractivity contribution in [1.29, 1.82) is 0 Å². The van der Waals surface area contributed by atoms with Crippen LogP contribution in [0.3, 0.4) is 0 Å². The number of rotatable bonds is 3. The summed E-state index contributed by atoms with van der Waals surface area (Å²) < 4.78 is 38.2. The standard InChI is InChI=1S/C14H13BrFNO2S/c1-9-2-5-14(13(17)6-9)20(18,19)8-10-3-4-11(16)7-12(10)15/h2-7H,8,17H2,1H3. The molecule has 0 atom stereocenters. The molecule has 6 heteroatoms. The van der Waals surface area contributed by atoms with Gasteiger partial charge in [0.2, 0.25) is 0 Å². The van der Waals surface area contributed by atoms with Gasteiger partial charge in [-0.1, -0.05) is 28.1 Å². The average Bonchev–Trinajstić information content (AvgIpc) is 2.32. The highest BCUT2D eigenvalue weighted by atomic mass is 79.9. The zero-order valence-corrected chi connectivity index (χ0v) is 13.1. The van der Waals surface area contributed by atoms with Gasteiger partial charge < -0.3 is 5.73 Å². The fourth-order valence-electron chi connectivity index (χ4n) is 1.87. The van der Waals surface area contributed by atoms with Crippen LogP contribution in [0.4, 0.5) is 10.1 Å². The second-order valence-corrected chi connectivity index (χ2v) is 7.35. The molecule has 0 bridgehead atoms. The second-order valence-electron chi connectivity index (χ2n) is 4.54. The maximum Gasteiger partial charge on any atom is 0.184 e. The van der Waals surface area contributed by atoms with E-state index in [1.54, 1.807) is 12.1 Å². The zero-order valence-electron chi connectivity index (χ0n) is 10.7. The molecule has 0 fully saturated rings. The zero-order chi connectivity index (χ0) is 14.9. The van der Waals surface area contributed by atoms with Gasteiger partial charge in [-0.05, 0) is 42.3 Å². The first-order chi connectivity index (χ1) is 9.29.